The Morgan fingerprint density at radius 1 is 0.958 bits per heavy atom. The van der Waals surface area contributed by atoms with Crippen molar-refractivity contribution in [2.45, 2.75) is 6.42 Å². The maximum Gasteiger partial charge on any atom is 0.257 e. The number of carbonyl (C=O) groups is 1. The Bertz CT molecular complexity index is 852. The molecule has 3 nitrogen and oxygen atoms in total. The Morgan fingerprint density at radius 3 is 2.25 bits per heavy atom. The molecule has 1 amide bonds. The molecule has 0 unspecified atom stereocenters. The summed E-state index contributed by atoms with van der Waals surface area (Å²) < 4.78 is 0. The number of amides is 1. The molecular formula is C19H14Cl2N2O. The van der Waals surface area contributed by atoms with E-state index in [9.17, 15) is 4.79 Å². The Hall–Kier alpha value is -2.36. The number of carbonyl (C=O) groups excluding carboxylic acids is 1. The minimum atomic E-state index is -0.304. The van der Waals surface area contributed by atoms with E-state index in [4.69, 9.17) is 23.2 Å². The van der Waals surface area contributed by atoms with Crippen LogP contribution < -0.4 is 5.32 Å². The third kappa shape index (κ3) is 3.75. The molecule has 3 aromatic rings. The van der Waals surface area contributed by atoms with Crippen molar-refractivity contribution in [1.82, 2.24) is 4.98 Å². The van der Waals surface area contributed by atoms with E-state index in [1.165, 1.54) is 6.20 Å². The zero-order valence-electron chi connectivity index (χ0n) is 12.7. The SMILES string of the molecule is O=C(Nc1ccccc1)c1c(Cl)cnc(Cl)c1Cc1ccccc1. The summed E-state index contributed by atoms with van der Waals surface area (Å²) >= 11 is 12.5. The molecule has 0 bridgehead atoms. The summed E-state index contributed by atoms with van der Waals surface area (Å²) in [5, 5.41) is 3.40. The van der Waals surface area contributed by atoms with Gasteiger partial charge in [0, 0.05) is 23.9 Å². The number of para-hydroxylation sites is 1. The maximum absolute atomic E-state index is 12.7. The number of nitrogens with one attached hydrogen (secondary N) is 1. The first-order valence-electron chi connectivity index (χ1n) is 7.38. The van der Waals surface area contributed by atoms with Crippen LogP contribution in [0.25, 0.3) is 0 Å². The summed E-state index contributed by atoms with van der Waals surface area (Å²) in [6.07, 6.45) is 1.88. The first kappa shape index (κ1) is 16.5. The fraction of sp³-hybridized carbons (Fsp3) is 0.0526. The van der Waals surface area contributed by atoms with E-state index in [1.54, 1.807) is 0 Å². The highest BCUT2D eigenvalue weighted by Crippen LogP contribution is 2.28. The van der Waals surface area contributed by atoms with Crippen molar-refractivity contribution in [3.63, 3.8) is 0 Å². The monoisotopic (exact) mass is 356 g/mol. The van der Waals surface area contributed by atoms with Crippen molar-refractivity contribution in [2.75, 3.05) is 5.32 Å². The molecular weight excluding hydrogens is 343 g/mol. The molecule has 1 N–H and O–H groups in total. The average molecular weight is 357 g/mol. The van der Waals surface area contributed by atoms with Gasteiger partial charge in [0.2, 0.25) is 0 Å². The minimum absolute atomic E-state index is 0.277. The molecule has 0 aliphatic heterocycles. The van der Waals surface area contributed by atoms with Crippen LogP contribution in [0.15, 0.2) is 66.9 Å². The molecule has 0 saturated heterocycles. The van der Waals surface area contributed by atoms with Crippen LogP contribution in [-0.2, 0) is 6.42 Å². The van der Waals surface area contributed by atoms with Crippen LogP contribution in [0.2, 0.25) is 10.2 Å². The van der Waals surface area contributed by atoms with Gasteiger partial charge >= 0.3 is 0 Å². The van der Waals surface area contributed by atoms with Gasteiger partial charge in [-0.2, -0.15) is 0 Å². The van der Waals surface area contributed by atoms with E-state index in [0.717, 1.165) is 5.56 Å². The van der Waals surface area contributed by atoms with Crippen molar-refractivity contribution in [1.29, 1.82) is 0 Å². The summed E-state index contributed by atoms with van der Waals surface area (Å²) in [5.41, 5.74) is 2.68. The van der Waals surface area contributed by atoms with E-state index < -0.39 is 0 Å². The molecule has 0 aliphatic rings. The fourth-order valence-electron chi connectivity index (χ4n) is 2.42. The van der Waals surface area contributed by atoms with Gasteiger partial charge in [0.15, 0.2) is 0 Å². The number of anilines is 1. The maximum atomic E-state index is 12.7. The average Bonchev–Trinajstić information content (AvgIpc) is 2.60. The summed E-state index contributed by atoms with van der Waals surface area (Å²) in [5.74, 6) is -0.304. The van der Waals surface area contributed by atoms with Gasteiger partial charge in [-0.25, -0.2) is 4.98 Å². The van der Waals surface area contributed by atoms with Crippen LogP contribution in [0, 0.1) is 0 Å². The summed E-state index contributed by atoms with van der Waals surface area (Å²) in [7, 11) is 0. The highest BCUT2D eigenvalue weighted by Gasteiger charge is 2.20. The second-order valence-electron chi connectivity index (χ2n) is 5.23. The predicted octanol–water partition coefficient (Wildman–Crippen LogP) is 5.23. The fourth-order valence-corrected chi connectivity index (χ4v) is 2.88. The van der Waals surface area contributed by atoms with Crippen LogP contribution in [-0.4, -0.2) is 10.9 Å². The minimum Gasteiger partial charge on any atom is -0.322 e. The number of benzene rings is 2. The summed E-state index contributed by atoms with van der Waals surface area (Å²) in [6, 6.07) is 18.9. The summed E-state index contributed by atoms with van der Waals surface area (Å²) in [6.45, 7) is 0. The molecule has 5 heteroatoms. The molecule has 120 valence electrons. The van der Waals surface area contributed by atoms with E-state index in [-0.39, 0.29) is 16.1 Å². The molecule has 1 aromatic heterocycles. The molecule has 0 radical (unpaired) electrons. The number of nitrogens with zero attached hydrogens (tertiary/aromatic N) is 1. The van der Waals surface area contributed by atoms with Gasteiger partial charge in [-0.3, -0.25) is 4.79 Å². The zero-order chi connectivity index (χ0) is 16.9. The lowest BCUT2D eigenvalue weighted by Crippen LogP contribution is -2.16. The molecule has 3 rings (SSSR count). The number of pyridine rings is 1. The van der Waals surface area contributed by atoms with Crippen molar-refractivity contribution < 1.29 is 4.79 Å². The molecule has 2 aromatic carbocycles. The molecule has 0 atom stereocenters. The summed E-state index contributed by atoms with van der Waals surface area (Å²) in [4.78, 5) is 16.8. The van der Waals surface area contributed by atoms with Crippen LogP contribution in [0.3, 0.4) is 0 Å². The van der Waals surface area contributed by atoms with E-state index in [1.807, 2.05) is 60.7 Å². The van der Waals surface area contributed by atoms with Gasteiger partial charge in [-0.1, -0.05) is 71.7 Å². The molecule has 1 heterocycles. The lowest BCUT2D eigenvalue weighted by Gasteiger charge is -2.13. The van der Waals surface area contributed by atoms with Crippen LogP contribution in [0.5, 0.6) is 0 Å². The van der Waals surface area contributed by atoms with Crippen LogP contribution in [0.4, 0.5) is 5.69 Å². The Labute approximate surface area is 150 Å². The van der Waals surface area contributed by atoms with Gasteiger partial charge in [0.1, 0.15) is 5.15 Å². The lowest BCUT2D eigenvalue weighted by atomic mass is 10.0. The van der Waals surface area contributed by atoms with Crippen LogP contribution >= 0.6 is 23.2 Å². The van der Waals surface area contributed by atoms with Gasteiger partial charge in [-0.15, -0.1) is 0 Å². The van der Waals surface area contributed by atoms with Crippen molar-refractivity contribution in [2.24, 2.45) is 0 Å². The van der Waals surface area contributed by atoms with E-state index >= 15 is 0 Å². The predicted molar refractivity (Wildman–Crippen MR) is 97.9 cm³/mol. The first-order valence-corrected chi connectivity index (χ1v) is 8.14. The smallest absolute Gasteiger partial charge is 0.257 e. The lowest BCUT2D eigenvalue weighted by molar-refractivity contribution is 0.102. The second-order valence-corrected chi connectivity index (χ2v) is 6.00. The Morgan fingerprint density at radius 2 is 1.58 bits per heavy atom. The standard InChI is InChI=1S/C19H14Cl2N2O/c20-16-12-22-18(21)15(11-13-7-3-1-4-8-13)17(16)19(24)23-14-9-5-2-6-10-14/h1-10,12H,11H2,(H,23,24). The van der Waals surface area contributed by atoms with Crippen molar-refractivity contribution in [3.05, 3.63) is 93.7 Å². The molecule has 0 fully saturated rings. The van der Waals surface area contributed by atoms with Crippen molar-refractivity contribution >= 4 is 34.8 Å². The van der Waals surface area contributed by atoms with Gasteiger partial charge in [0.05, 0.1) is 10.6 Å². The van der Waals surface area contributed by atoms with Crippen molar-refractivity contribution in [3.8, 4) is 0 Å². The van der Waals surface area contributed by atoms with E-state index in [0.29, 0.717) is 23.2 Å². The topological polar surface area (TPSA) is 42.0 Å². The number of rotatable bonds is 4. The number of hydrogen-bond donors (Lipinski definition) is 1. The van der Waals surface area contributed by atoms with E-state index in [2.05, 4.69) is 10.3 Å². The zero-order valence-corrected chi connectivity index (χ0v) is 14.2. The Balaban J connectivity index is 1.97. The quantitative estimate of drug-likeness (QED) is 0.650. The molecule has 24 heavy (non-hydrogen) atoms. The second kappa shape index (κ2) is 7.47. The molecule has 0 aliphatic carbocycles. The first-order chi connectivity index (χ1) is 11.6. The third-order valence-corrected chi connectivity index (χ3v) is 4.18. The van der Waals surface area contributed by atoms with Gasteiger partial charge in [-0.05, 0) is 17.7 Å². The normalized spacial score (nSPS) is 10.4. The number of halogens is 2. The molecule has 0 saturated carbocycles. The van der Waals surface area contributed by atoms with Gasteiger partial charge in [0.25, 0.3) is 5.91 Å². The number of hydrogen-bond acceptors (Lipinski definition) is 2. The van der Waals surface area contributed by atoms with Crippen LogP contribution in [0.1, 0.15) is 21.5 Å². The molecule has 0 spiro atoms. The highest BCUT2D eigenvalue weighted by atomic mass is 35.5. The highest BCUT2D eigenvalue weighted by molar-refractivity contribution is 6.36. The Kier molecular flexibility index (Phi) is 5.14. The number of aromatic nitrogens is 1. The largest absolute Gasteiger partial charge is 0.322 e. The van der Waals surface area contributed by atoms with Gasteiger partial charge < -0.3 is 5.32 Å². The third-order valence-electron chi connectivity index (χ3n) is 3.56.